The molecule has 0 radical (unpaired) electrons. The standard InChI is InChI=1S/C15H13F3N2O4/c16-6-11(15(22)23)20-13(21)3-4-14-19-7-12(24-14)9-2-1-8(17)5-10(9)18/h1-2,5,7,11H,3-4,6H2,(H,20,21)(H,22,23). The lowest BCUT2D eigenvalue weighted by molar-refractivity contribution is -0.142. The van der Waals surface area contributed by atoms with Crippen LogP contribution in [0.2, 0.25) is 0 Å². The fourth-order valence-corrected chi connectivity index (χ4v) is 1.89. The molecule has 24 heavy (non-hydrogen) atoms. The Labute approximate surface area is 134 Å². The third kappa shape index (κ3) is 4.34. The first-order valence-electron chi connectivity index (χ1n) is 6.89. The average Bonchev–Trinajstić information content (AvgIpc) is 2.99. The van der Waals surface area contributed by atoms with E-state index in [-0.39, 0.29) is 30.1 Å². The van der Waals surface area contributed by atoms with E-state index in [2.05, 4.69) is 4.98 Å². The van der Waals surface area contributed by atoms with Crippen molar-refractivity contribution in [3.05, 3.63) is 41.9 Å². The van der Waals surface area contributed by atoms with Crippen LogP contribution < -0.4 is 5.32 Å². The number of nitrogens with zero attached hydrogens (tertiary/aromatic N) is 1. The maximum atomic E-state index is 13.6. The molecule has 128 valence electrons. The van der Waals surface area contributed by atoms with E-state index in [9.17, 15) is 22.8 Å². The second-order valence-corrected chi connectivity index (χ2v) is 4.86. The van der Waals surface area contributed by atoms with Gasteiger partial charge in [0.1, 0.15) is 18.3 Å². The maximum absolute atomic E-state index is 13.6. The van der Waals surface area contributed by atoms with Crippen LogP contribution >= 0.6 is 0 Å². The zero-order valence-electron chi connectivity index (χ0n) is 12.3. The largest absolute Gasteiger partial charge is 0.480 e. The summed E-state index contributed by atoms with van der Waals surface area (Å²) in [5.41, 5.74) is 0.0166. The molecular formula is C15H13F3N2O4. The Balaban J connectivity index is 1.97. The first kappa shape index (κ1) is 17.5. The number of hydrogen-bond donors (Lipinski definition) is 2. The first-order valence-corrected chi connectivity index (χ1v) is 6.89. The van der Waals surface area contributed by atoms with E-state index in [0.717, 1.165) is 6.07 Å². The van der Waals surface area contributed by atoms with Crippen LogP contribution in [0.25, 0.3) is 11.3 Å². The molecule has 1 unspecified atom stereocenters. The molecule has 0 aliphatic heterocycles. The first-order chi connectivity index (χ1) is 11.4. The van der Waals surface area contributed by atoms with Gasteiger partial charge in [-0.25, -0.2) is 22.9 Å². The Morgan fingerprint density at radius 2 is 2.08 bits per heavy atom. The van der Waals surface area contributed by atoms with Crippen molar-refractivity contribution in [1.82, 2.24) is 10.3 Å². The molecule has 1 aromatic carbocycles. The molecule has 1 heterocycles. The minimum atomic E-state index is -1.61. The van der Waals surface area contributed by atoms with Crippen molar-refractivity contribution in [2.75, 3.05) is 6.67 Å². The molecule has 2 N–H and O–H groups in total. The summed E-state index contributed by atoms with van der Waals surface area (Å²) in [6, 6.07) is 1.36. The molecule has 1 aromatic heterocycles. The third-order valence-corrected chi connectivity index (χ3v) is 3.10. The molecule has 0 spiro atoms. The molecule has 1 amide bonds. The van der Waals surface area contributed by atoms with E-state index in [1.54, 1.807) is 0 Å². The van der Waals surface area contributed by atoms with Crippen LogP contribution in [-0.4, -0.2) is 34.7 Å². The molecular weight excluding hydrogens is 329 g/mol. The number of aliphatic carboxylic acids is 1. The van der Waals surface area contributed by atoms with Crippen LogP contribution in [0, 0.1) is 11.6 Å². The number of rotatable bonds is 7. The third-order valence-electron chi connectivity index (χ3n) is 3.10. The van der Waals surface area contributed by atoms with E-state index in [1.165, 1.54) is 12.3 Å². The molecule has 0 saturated heterocycles. The molecule has 2 aromatic rings. The van der Waals surface area contributed by atoms with Crippen LogP contribution in [0.15, 0.2) is 28.8 Å². The summed E-state index contributed by atoms with van der Waals surface area (Å²) >= 11 is 0. The number of carboxylic acids is 1. The predicted octanol–water partition coefficient (Wildman–Crippen LogP) is 2.09. The average molecular weight is 342 g/mol. The molecule has 0 saturated carbocycles. The van der Waals surface area contributed by atoms with Gasteiger partial charge in [0.25, 0.3) is 0 Å². The van der Waals surface area contributed by atoms with Crippen molar-refractivity contribution in [1.29, 1.82) is 0 Å². The van der Waals surface area contributed by atoms with Crippen molar-refractivity contribution < 1.29 is 32.3 Å². The lowest BCUT2D eigenvalue weighted by atomic mass is 10.2. The Morgan fingerprint density at radius 3 is 2.71 bits per heavy atom. The van der Waals surface area contributed by atoms with Crippen molar-refractivity contribution in [2.45, 2.75) is 18.9 Å². The molecule has 0 bridgehead atoms. The van der Waals surface area contributed by atoms with Crippen LogP contribution in [0.1, 0.15) is 12.3 Å². The van der Waals surface area contributed by atoms with E-state index in [1.807, 2.05) is 5.32 Å². The zero-order chi connectivity index (χ0) is 17.7. The molecule has 9 heteroatoms. The van der Waals surface area contributed by atoms with Gasteiger partial charge < -0.3 is 14.8 Å². The Kier molecular flexibility index (Phi) is 5.56. The zero-order valence-corrected chi connectivity index (χ0v) is 12.3. The molecule has 1 atom stereocenters. The van der Waals surface area contributed by atoms with Gasteiger partial charge in [0.05, 0.1) is 11.8 Å². The van der Waals surface area contributed by atoms with Crippen LogP contribution in [-0.2, 0) is 16.0 Å². The lowest BCUT2D eigenvalue weighted by Gasteiger charge is -2.09. The summed E-state index contributed by atoms with van der Waals surface area (Å²) in [5.74, 6) is -3.54. The number of nitrogens with one attached hydrogen (secondary N) is 1. The summed E-state index contributed by atoms with van der Waals surface area (Å²) in [5, 5.41) is 10.6. The number of carbonyl (C=O) groups is 2. The molecule has 2 rings (SSSR count). The Hall–Kier alpha value is -2.84. The van der Waals surface area contributed by atoms with Crippen molar-refractivity contribution in [3.63, 3.8) is 0 Å². The summed E-state index contributed by atoms with van der Waals surface area (Å²) in [7, 11) is 0. The number of oxazole rings is 1. The Bertz CT molecular complexity index is 748. The minimum absolute atomic E-state index is 0.00721. The molecule has 0 aliphatic rings. The van der Waals surface area contributed by atoms with Crippen LogP contribution in [0.3, 0.4) is 0 Å². The van der Waals surface area contributed by atoms with E-state index < -0.39 is 36.2 Å². The number of hydrogen-bond acceptors (Lipinski definition) is 4. The van der Waals surface area contributed by atoms with Crippen LogP contribution in [0.4, 0.5) is 13.2 Å². The van der Waals surface area contributed by atoms with Gasteiger partial charge in [-0.15, -0.1) is 0 Å². The van der Waals surface area contributed by atoms with Gasteiger partial charge in [0.2, 0.25) is 5.91 Å². The van der Waals surface area contributed by atoms with Gasteiger partial charge in [0, 0.05) is 18.9 Å². The Morgan fingerprint density at radius 1 is 1.33 bits per heavy atom. The second-order valence-electron chi connectivity index (χ2n) is 4.86. The number of carbonyl (C=O) groups excluding carboxylic acids is 1. The maximum Gasteiger partial charge on any atom is 0.328 e. The molecule has 0 fully saturated rings. The minimum Gasteiger partial charge on any atom is -0.480 e. The van der Waals surface area contributed by atoms with Crippen molar-refractivity contribution in [2.24, 2.45) is 0 Å². The highest BCUT2D eigenvalue weighted by atomic mass is 19.1. The molecule has 6 nitrogen and oxygen atoms in total. The highest BCUT2D eigenvalue weighted by Crippen LogP contribution is 2.24. The number of benzene rings is 1. The van der Waals surface area contributed by atoms with Gasteiger partial charge in [-0.1, -0.05) is 0 Å². The summed E-state index contributed by atoms with van der Waals surface area (Å²) in [4.78, 5) is 26.0. The quantitative estimate of drug-likeness (QED) is 0.804. The van der Waals surface area contributed by atoms with Gasteiger partial charge >= 0.3 is 5.97 Å². The number of aryl methyl sites for hydroxylation is 1. The number of amides is 1. The smallest absolute Gasteiger partial charge is 0.328 e. The van der Waals surface area contributed by atoms with E-state index in [0.29, 0.717) is 6.07 Å². The number of halogens is 3. The van der Waals surface area contributed by atoms with Gasteiger partial charge in [-0.3, -0.25) is 4.79 Å². The van der Waals surface area contributed by atoms with Crippen LogP contribution in [0.5, 0.6) is 0 Å². The number of carboxylic acid groups (broad SMARTS) is 1. The highest BCUT2D eigenvalue weighted by Gasteiger charge is 2.20. The monoisotopic (exact) mass is 342 g/mol. The fourth-order valence-electron chi connectivity index (χ4n) is 1.89. The normalized spacial score (nSPS) is 12.0. The fraction of sp³-hybridized carbons (Fsp3) is 0.267. The van der Waals surface area contributed by atoms with Gasteiger partial charge in [-0.05, 0) is 12.1 Å². The number of aromatic nitrogens is 1. The topological polar surface area (TPSA) is 92.4 Å². The lowest BCUT2D eigenvalue weighted by Crippen LogP contribution is -2.42. The van der Waals surface area contributed by atoms with E-state index >= 15 is 0 Å². The SMILES string of the molecule is O=C(CCc1ncc(-c2ccc(F)cc2F)o1)NC(CF)C(=O)O. The number of alkyl halides is 1. The van der Waals surface area contributed by atoms with Crippen molar-refractivity contribution >= 4 is 11.9 Å². The summed E-state index contributed by atoms with van der Waals surface area (Å²) in [6.45, 7) is -1.23. The van der Waals surface area contributed by atoms with E-state index in [4.69, 9.17) is 9.52 Å². The van der Waals surface area contributed by atoms with Gasteiger partial charge in [0.15, 0.2) is 17.7 Å². The predicted molar refractivity (Wildman–Crippen MR) is 75.7 cm³/mol. The second kappa shape index (κ2) is 7.62. The van der Waals surface area contributed by atoms with Gasteiger partial charge in [-0.2, -0.15) is 0 Å². The highest BCUT2D eigenvalue weighted by molar-refractivity contribution is 5.83. The summed E-state index contributed by atoms with van der Waals surface area (Å²) in [6.07, 6.45) is 1.05. The van der Waals surface area contributed by atoms with Crippen molar-refractivity contribution in [3.8, 4) is 11.3 Å². The molecule has 0 aliphatic carbocycles. The summed E-state index contributed by atoms with van der Waals surface area (Å²) < 4.78 is 44.2.